The number of carbonyl (C=O) groups excluding carboxylic acids is 1. The van der Waals surface area contributed by atoms with E-state index in [0.29, 0.717) is 27.5 Å². The summed E-state index contributed by atoms with van der Waals surface area (Å²) in [6, 6.07) is 9.21. The number of carbonyl (C=O) groups is 1. The number of Topliss-reactive ketones (excluding diaryl/α,β-unsaturated/α-hetero) is 1. The molecule has 0 saturated carbocycles. The highest BCUT2D eigenvalue weighted by Gasteiger charge is 2.17. The SMILES string of the molecule is Cc1cc(C(=O)CSc2nnc(COc3ccccc3Cl)n2C)c(C)n1C. The number of benzene rings is 1. The zero-order valence-electron chi connectivity index (χ0n) is 15.7. The topological polar surface area (TPSA) is 61.9 Å². The minimum absolute atomic E-state index is 0.0815. The average molecular weight is 405 g/mol. The summed E-state index contributed by atoms with van der Waals surface area (Å²) in [5.41, 5.74) is 2.80. The number of para-hydroxylation sites is 1. The Morgan fingerprint density at radius 1 is 1.19 bits per heavy atom. The number of ketones is 1. The van der Waals surface area contributed by atoms with Gasteiger partial charge in [0.15, 0.2) is 16.8 Å². The first-order valence-electron chi connectivity index (χ1n) is 8.43. The summed E-state index contributed by atoms with van der Waals surface area (Å²) in [6.07, 6.45) is 0. The van der Waals surface area contributed by atoms with Crippen molar-refractivity contribution in [1.82, 2.24) is 19.3 Å². The maximum atomic E-state index is 12.5. The Balaban J connectivity index is 1.62. The van der Waals surface area contributed by atoms with Crippen LogP contribution in [-0.2, 0) is 20.7 Å². The number of halogens is 1. The summed E-state index contributed by atoms with van der Waals surface area (Å²) in [6.45, 7) is 4.20. The number of aromatic nitrogens is 4. The summed E-state index contributed by atoms with van der Waals surface area (Å²) in [5, 5.41) is 9.54. The van der Waals surface area contributed by atoms with Gasteiger partial charge in [-0.05, 0) is 32.0 Å². The highest BCUT2D eigenvalue weighted by molar-refractivity contribution is 7.99. The van der Waals surface area contributed by atoms with Gasteiger partial charge in [0.2, 0.25) is 0 Å². The van der Waals surface area contributed by atoms with Crippen LogP contribution < -0.4 is 4.74 Å². The molecule has 3 aromatic rings. The summed E-state index contributed by atoms with van der Waals surface area (Å²) in [4.78, 5) is 12.5. The van der Waals surface area contributed by atoms with Crippen LogP contribution in [0, 0.1) is 13.8 Å². The van der Waals surface area contributed by atoms with E-state index in [9.17, 15) is 4.79 Å². The molecule has 0 amide bonds. The first kappa shape index (κ1) is 19.5. The maximum Gasteiger partial charge on any atom is 0.191 e. The predicted molar refractivity (Wildman–Crippen MR) is 107 cm³/mol. The number of hydrogen-bond acceptors (Lipinski definition) is 5. The molecule has 3 rings (SSSR count). The molecule has 0 saturated heterocycles. The van der Waals surface area contributed by atoms with Crippen molar-refractivity contribution in [3.63, 3.8) is 0 Å². The van der Waals surface area contributed by atoms with Crippen molar-refractivity contribution in [2.24, 2.45) is 14.1 Å². The van der Waals surface area contributed by atoms with Gasteiger partial charge in [0.25, 0.3) is 0 Å². The predicted octanol–water partition coefficient (Wildman–Crippen LogP) is 3.98. The first-order valence-corrected chi connectivity index (χ1v) is 9.79. The van der Waals surface area contributed by atoms with Crippen molar-refractivity contribution in [3.8, 4) is 5.75 Å². The first-order chi connectivity index (χ1) is 12.9. The number of nitrogens with zero attached hydrogens (tertiary/aromatic N) is 4. The second-order valence-electron chi connectivity index (χ2n) is 6.23. The molecule has 2 aromatic heterocycles. The van der Waals surface area contributed by atoms with Gasteiger partial charge >= 0.3 is 0 Å². The minimum atomic E-state index is 0.0815. The molecule has 0 radical (unpaired) electrons. The number of rotatable bonds is 7. The lowest BCUT2D eigenvalue weighted by atomic mass is 10.2. The molecule has 0 aliphatic heterocycles. The summed E-state index contributed by atoms with van der Waals surface area (Å²) in [7, 11) is 3.82. The van der Waals surface area contributed by atoms with Crippen LogP contribution >= 0.6 is 23.4 Å². The van der Waals surface area contributed by atoms with Crippen LogP contribution in [0.15, 0.2) is 35.5 Å². The van der Waals surface area contributed by atoms with Crippen LogP contribution in [0.3, 0.4) is 0 Å². The Morgan fingerprint density at radius 3 is 2.59 bits per heavy atom. The molecule has 0 bridgehead atoms. The van der Waals surface area contributed by atoms with Crippen LogP contribution in [0.1, 0.15) is 27.6 Å². The molecule has 27 heavy (non-hydrogen) atoms. The monoisotopic (exact) mass is 404 g/mol. The molecule has 0 aliphatic rings. The molecule has 0 aliphatic carbocycles. The van der Waals surface area contributed by atoms with Crippen LogP contribution in [0.4, 0.5) is 0 Å². The van der Waals surface area contributed by atoms with E-state index in [4.69, 9.17) is 16.3 Å². The van der Waals surface area contributed by atoms with E-state index < -0.39 is 0 Å². The Bertz CT molecular complexity index is 980. The highest BCUT2D eigenvalue weighted by atomic mass is 35.5. The number of hydrogen-bond donors (Lipinski definition) is 0. The van der Waals surface area contributed by atoms with Crippen molar-refractivity contribution in [1.29, 1.82) is 0 Å². The Morgan fingerprint density at radius 2 is 1.93 bits per heavy atom. The highest BCUT2D eigenvalue weighted by Crippen LogP contribution is 2.25. The molecule has 1 aromatic carbocycles. The van der Waals surface area contributed by atoms with E-state index in [1.807, 2.05) is 55.3 Å². The third-order valence-corrected chi connectivity index (χ3v) is 5.86. The van der Waals surface area contributed by atoms with Gasteiger partial charge < -0.3 is 13.9 Å². The Labute approximate surface area is 167 Å². The fourth-order valence-electron chi connectivity index (χ4n) is 2.65. The van der Waals surface area contributed by atoms with Crippen molar-refractivity contribution < 1.29 is 9.53 Å². The lowest BCUT2D eigenvalue weighted by Crippen LogP contribution is -2.07. The Hall–Kier alpha value is -2.25. The number of ether oxygens (including phenoxy) is 1. The molecule has 2 heterocycles. The van der Waals surface area contributed by atoms with E-state index in [1.54, 1.807) is 12.1 Å². The van der Waals surface area contributed by atoms with Crippen molar-refractivity contribution in [2.45, 2.75) is 25.6 Å². The fourth-order valence-corrected chi connectivity index (χ4v) is 3.65. The summed E-state index contributed by atoms with van der Waals surface area (Å²) >= 11 is 7.46. The van der Waals surface area contributed by atoms with Gasteiger partial charge in [0.05, 0.1) is 10.8 Å². The molecule has 8 heteroatoms. The van der Waals surface area contributed by atoms with E-state index >= 15 is 0 Å². The van der Waals surface area contributed by atoms with Crippen molar-refractivity contribution in [3.05, 3.63) is 58.1 Å². The maximum absolute atomic E-state index is 12.5. The quantitative estimate of drug-likeness (QED) is 0.440. The van der Waals surface area contributed by atoms with Crippen molar-refractivity contribution >= 4 is 29.1 Å². The molecule has 6 nitrogen and oxygen atoms in total. The third-order valence-electron chi connectivity index (χ3n) is 4.53. The van der Waals surface area contributed by atoms with Crippen LogP contribution in [0.25, 0.3) is 0 Å². The van der Waals surface area contributed by atoms with Gasteiger partial charge in [-0.1, -0.05) is 35.5 Å². The molecule has 0 N–H and O–H groups in total. The lowest BCUT2D eigenvalue weighted by molar-refractivity contribution is 0.102. The second kappa shape index (κ2) is 8.19. The molecule has 0 fully saturated rings. The average Bonchev–Trinajstić information content (AvgIpc) is 3.13. The smallest absolute Gasteiger partial charge is 0.191 e. The largest absolute Gasteiger partial charge is 0.484 e. The molecule has 0 unspecified atom stereocenters. The van der Waals surface area contributed by atoms with Gasteiger partial charge in [0.1, 0.15) is 12.4 Å². The molecule has 142 valence electrons. The molecule has 0 spiro atoms. The summed E-state index contributed by atoms with van der Waals surface area (Å²) in [5.74, 6) is 1.65. The lowest BCUT2D eigenvalue weighted by Gasteiger charge is -2.07. The van der Waals surface area contributed by atoms with Crippen LogP contribution in [0.5, 0.6) is 5.75 Å². The normalized spacial score (nSPS) is 11.0. The van der Waals surface area contributed by atoms with Gasteiger partial charge in [-0.25, -0.2) is 0 Å². The number of thioether (sulfide) groups is 1. The van der Waals surface area contributed by atoms with E-state index in [0.717, 1.165) is 17.0 Å². The van der Waals surface area contributed by atoms with Gasteiger partial charge in [-0.15, -0.1) is 10.2 Å². The molecule has 0 atom stereocenters. The van der Waals surface area contributed by atoms with Gasteiger partial charge in [0, 0.05) is 31.0 Å². The molecular weight excluding hydrogens is 384 g/mol. The van der Waals surface area contributed by atoms with Gasteiger partial charge in [-0.3, -0.25) is 4.79 Å². The van der Waals surface area contributed by atoms with E-state index in [-0.39, 0.29) is 12.4 Å². The molecular formula is C19H21ClN4O2S. The fraction of sp³-hybridized carbons (Fsp3) is 0.316. The van der Waals surface area contributed by atoms with Gasteiger partial charge in [-0.2, -0.15) is 0 Å². The Kier molecular flexibility index (Phi) is 5.92. The second-order valence-corrected chi connectivity index (χ2v) is 7.58. The minimum Gasteiger partial charge on any atom is -0.484 e. The van der Waals surface area contributed by atoms with E-state index in [2.05, 4.69) is 10.2 Å². The summed E-state index contributed by atoms with van der Waals surface area (Å²) < 4.78 is 9.56. The van der Waals surface area contributed by atoms with E-state index in [1.165, 1.54) is 11.8 Å². The zero-order valence-corrected chi connectivity index (χ0v) is 17.3. The van der Waals surface area contributed by atoms with Crippen LogP contribution in [-0.4, -0.2) is 30.9 Å². The zero-order chi connectivity index (χ0) is 19.6. The standard InChI is InChI=1S/C19H21ClN4O2S/c1-12-9-14(13(2)23(12)3)16(25)11-27-19-22-21-18(24(19)4)10-26-17-8-6-5-7-15(17)20/h5-9H,10-11H2,1-4H3. The number of aryl methyl sites for hydroxylation is 1. The third kappa shape index (κ3) is 4.20. The van der Waals surface area contributed by atoms with Crippen molar-refractivity contribution in [2.75, 3.05) is 5.75 Å². The van der Waals surface area contributed by atoms with Crippen LogP contribution in [0.2, 0.25) is 5.02 Å².